The lowest BCUT2D eigenvalue weighted by Gasteiger charge is -2.11. The van der Waals surface area contributed by atoms with Crippen molar-refractivity contribution in [2.24, 2.45) is 0 Å². The lowest BCUT2D eigenvalue weighted by Crippen LogP contribution is -2.36. The Hall–Kier alpha value is -0.903. The van der Waals surface area contributed by atoms with Gasteiger partial charge >= 0.3 is 9.28 Å². The fraction of sp³-hybridized carbons (Fsp3) is 0.200. The summed E-state index contributed by atoms with van der Waals surface area (Å²) >= 11 is 0. The molecule has 0 aliphatic rings. The molecule has 1 aromatic carbocycles. The van der Waals surface area contributed by atoms with Gasteiger partial charge in [0.15, 0.2) is 0 Å². The van der Waals surface area contributed by atoms with E-state index in [2.05, 4.69) is 6.58 Å². The molecular weight excluding hydrogens is 180 g/mol. The molecule has 1 radical (unpaired) electrons. The minimum atomic E-state index is -1.31. The van der Waals surface area contributed by atoms with Crippen molar-refractivity contribution in [3.05, 3.63) is 36.4 Å². The quantitative estimate of drug-likeness (QED) is 0.671. The van der Waals surface area contributed by atoms with Crippen LogP contribution < -0.4 is 5.19 Å². The summed E-state index contributed by atoms with van der Waals surface area (Å²) in [4.78, 5) is 0. The maximum Gasteiger partial charge on any atom is 0.423 e. The molecule has 0 N–H and O–H groups in total. The summed E-state index contributed by atoms with van der Waals surface area (Å²) in [6.07, 6.45) is 1.82. The molecule has 13 heavy (non-hydrogen) atoms. The summed E-state index contributed by atoms with van der Waals surface area (Å²) in [6.45, 7) is 3.75. The van der Waals surface area contributed by atoms with E-state index in [-0.39, 0.29) is 0 Å². The Morgan fingerprint density at radius 1 is 1.23 bits per heavy atom. The Kier molecular flexibility index (Phi) is 3.89. The second-order valence-electron chi connectivity index (χ2n) is 2.49. The molecule has 0 saturated carbocycles. The van der Waals surface area contributed by atoms with Gasteiger partial charge in [-0.2, -0.15) is 0 Å². The van der Waals surface area contributed by atoms with Gasteiger partial charge in [-0.25, -0.2) is 0 Å². The molecule has 0 aliphatic carbocycles. The van der Waals surface area contributed by atoms with Crippen LogP contribution in [0, 0.1) is 0 Å². The van der Waals surface area contributed by atoms with Crippen molar-refractivity contribution in [3.8, 4) is 0 Å². The van der Waals surface area contributed by atoms with E-state index in [1.165, 1.54) is 0 Å². The molecule has 1 rings (SSSR count). The van der Waals surface area contributed by atoms with Crippen LogP contribution in [0.1, 0.15) is 5.56 Å². The summed E-state index contributed by atoms with van der Waals surface area (Å²) in [7, 11) is 2.01. The highest BCUT2D eigenvalue weighted by molar-refractivity contribution is 6.62. The Balaban J connectivity index is 3.03. The predicted molar refractivity (Wildman–Crippen MR) is 55.9 cm³/mol. The molecule has 0 amide bonds. The Bertz CT molecular complexity index is 282. The van der Waals surface area contributed by atoms with Crippen molar-refractivity contribution < 1.29 is 8.85 Å². The number of hydrogen-bond acceptors (Lipinski definition) is 2. The molecule has 0 aliphatic heterocycles. The van der Waals surface area contributed by atoms with Crippen molar-refractivity contribution in [2.75, 3.05) is 14.2 Å². The van der Waals surface area contributed by atoms with Crippen LogP contribution in [0.3, 0.4) is 0 Å². The minimum Gasteiger partial charge on any atom is -0.393 e. The van der Waals surface area contributed by atoms with Gasteiger partial charge in [0.2, 0.25) is 0 Å². The van der Waals surface area contributed by atoms with Crippen molar-refractivity contribution in [2.45, 2.75) is 0 Å². The summed E-state index contributed by atoms with van der Waals surface area (Å²) in [5.41, 5.74) is 1.08. The maximum atomic E-state index is 5.26. The van der Waals surface area contributed by atoms with Crippen LogP contribution in [-0.4, -0.2) is 23.5 Å². The van der Waals surface area contributed by atoms with Gasteiger partial charge in [-0.15, -0.1) is 0 Å². The van der Waals surface area contributed by atoms with Crippen molar-refractivity contribution in [3.63, 3.8) is 0 Å². The minimum absolute atomic E-state index is 1.08. The van der Waals surface area contributed by atoms with Crippen molar-refractivity contribution in [1.29, 1.82) is 0 Å². The largest absolute Gasteiger partial charge is 0.423 e. The first-order valence-corrected chi connectivity index (χ1v) is 5.32. The lowest BCUT2D eigenvalue weighted by molar-refractivity contribution is 0.292. The first-order chi connectivity index (χ1) is 6.33. The van der Waals surface area contributed by atoms with Crippen LogP contribution in [0.25, 0.3) is 6.08 Å². The van der Waals surface area contributed by atoms with Gasteiger partial charge in [0, 0.05) is 19.4 Å². The van der Waals surface area contributed by atoms with E-state index in [1.54, 1.807) is 14.2 Å². The summed E-state index contributed by atoms with van der Waals surface area (Å²) in [5, 5.41) is 1.10. The molecule has 3 heteroatoms. The fourth-order valence-electron chi connectivity index (χ4n) is 1.16. The highest BCUT2D eigenvalue weighted by Crippen LogP contribution is 2.00. The van der Waals surface area contributed by atoms with E-state index in [0.29, 0.717) is 0 Å². The molecule has 2 nitrogen and oxygen atoms in total. The normalized spacial score (nSPS) is 10.4. The zero-order valence-electron chi connectivity index (χ0n) is 7.91. The third kappa shape index (κ3) is 2.27. The van der Waals surface area contributed by atoms with Crippen LogP contribution in [-0.2, 0) is 8.85 Å². The number of benzene rings is 1. The van der Waals surface area contributed by atoms with Crippen LogP contribution in [0.4, 0.5) is 0 Å². The highest BCUT2D eigenvalue weighted by atomic mass is 28.3. The van der Waals surface area contributed by atoms with Crippen LogP contribution >= 0.6 is 0 Å². The molecule has 0 saturated heterocycles. The predicted octanol–water partition coefficient (Wildman–Crippen LogP) is 1.32. The van der Waals surface area contributed by atoms with Gasteiger partial charge in [0.05, 0.1) is 0 Å². The van der Waals surface area contributed by atoms with Gasteiger partial charge in [-0.3, -0.25) is 0 Å². The van der Waals surface area contributed by atoms with E-state index in [4.69, 9.17) is 8.85 Å². The van der Waals surface area contributed by atoms with Gasteiger partial charge in [-0.05, 0) is 5.56 Å². The first kappa shape index (κ1) is 10.2. The molecule has 1 aromatic rings. The van der Waals surface area contributed by atoms with E-state index < -0.39 is 9.28 Å². The van der Waals surface area contributed by atoms with E-state index in [1.807, 2.05) is 30.3 Å². The SMILES string of the molecule is C=Cc1ccccc1[Si](OC)OC. The highest BCUT2D eigenvalue weighted by Gasteiger charge is 2.17. The van der Waals surface area contributed by atoms with Gasteiger partial charge < -0.3 is 8.85 Å². The molecule has 0 fully saturated rings. The maximum absolute atomic E-state index is 5.26. The molecular formula is C10H13O2Si. The second kappa shape index (κ2) is 4.96. The Morgan fingerprint density at radius 3 is 2.38 bits per heavy atom. The van der Waals surface area contributed by atoms with Crippen molar-refractivity contribution in [1.82, 2.24) is 0 Å². The molecule has 0 atom stereocenters. The standard InChI is InChI=1S/C10H13O2Si/c1-4-9-7-5-6-8-10(9)13(11-2)12-3/h4-8H,1H2,2-3H3. The molecule has 0 spiro atoms. The molecule has 0 unspecified atom stereocenters. The summed E-state index contributed by atoms with van der Waals surface area (Å²) in [5.74, 6) is 0. The number of hydrogen-bond donors (Lipinski definition) is 0. The molecule has 0 bridgehead atoms. The van der Waals surface area contributed by atoms with Crippen molar-refractivity contribution >= 4 is 20.5 Å². The Labute approximate surface area is 80.7 Å². The number of rotatable bonds is 4. The summed E-state index contributed by atoms with van der Waals surface area (Å²) in [6, 6.07) is 7.97. The van der Waals surface area contributed by atoms with Crippen LogP contribution in [0.15, 0.2) is 30.8 Å². The van der Waals surface area contributed by atoms with Gasteiger partial charge in [0.1, 0.15) is 0 Å². The molecule has 0 heterocycles. The monoisotopic (exact) mass is 193 g/mol. The fourth-order valence-corrected chi connectivity index (χ4v) is 2.42. The average Bonchev–Trinajstić information content (AvgIpc) is 2.20. The average molecular weight is 193 g/mol. The van der Waals surface area contributed by atoms with E-state index >= 15 is 0 Å². The first-order valence-electron chi connectivity index (χ1n) is 4.00. The topological polar surface area (TPSA) is 18.5 Å². The van der Waals surface area contributed by atoms with Gasteiger partial charge in [-0.1, -0.05) is 36.9 Å². The lowest BCUT2D eigenvalue weighted by atomic mass is 10.2. The summed E-state index contributed by atoms with van der Waals surface area (Å²) < 4.78 is 10.5. The van der Waals surface area contributed by atoms with E-state index in [0.717, 1.165) is 10.8 Å². The third-order valence-electron chi connectivity index (χ3n) is 1.77. The third-order valence-corrected chi connectivity index (χ3v) is 3.41. The van der Waals surface area contributed by atoms with Crippen LogP contribution in [0.2, 0.25) is 0 Å². The molecule has 0 aromatic heterocycles. The van der Waals surface area contributed by atoms with E-state index in [9.17, 15) is 0 Å². The Morgan fingerprint density at radius 2 is 1.85 bits per heavy atom. The zero-order chi connectivity index (χ0) is 9.68. The molecule has 69 valence electrons. The second-order valence-corrected chi connectivity index (χ2v) is 4.42. The van der Waals surface area contributed by atoms with Crippen LogP contribution in [0.5, 0.6) is 0 Å². The zero-order valence-corrected chi connectivity index (χ0v) is 8.91. The van der Waals surface area contributed by atoms with Gasteiger partial charge in [0.25, 0.3) is 0 Å². The smallest absolute Gasteiger partial charge is 0.393 e.